The maximum absolute atomic E-state index is 12.9. The first kappa shape index (κ1) is 18.9. The molecule has 2 saturated carbocycles. The zero-order chi connectivity index (χ0) is 19.0. The van der Waals surface area contributed by atoms with Crippen LogP contribution < -0.4 is 5.32 Å². The Balaban J connectivity index is 1.46. The molecular weight excluding hydrogens is 360 g/mol. The van der Waals surface area contributed by atoms with Gasteiger partial charge < -0.3 is 5.32 Å². The van der Waals surface area contributed by atoms with Crippen LogP contribution in [0.5, 0.6) is 0 Å². The van der Waals surface area contributed by atoms with Crippen molar-refractivity contribution in [1.82, 2.24) is 4.31 Å². The molecule has 1 aromatic carbocycles. The molecule has 3 atom stereocenters. The van der Waals surface area contributed by atoms with Gasteiger partial charge in [0.1, 0.15) is 0 Å². The summed E-state index contributed by atoms with van der Waals surface area (Å²) in [5.41, 5.74) is 1.52. The Kier molecular flexibility index (Phi) is 5.30. The number of carbonyl (C=O) groups is 1. The van der Waals surface area contributed by atoms with Crippen molar-refractivity contribution in [2.75, 3.05) is 18.4 Å². The van der Waals surface area contributed by atoms with Gasteiger partial charge in [-0.1, -0.05) is 18.9 Å². The topological polar surface area (TPSA) is 66.5 Å². The summed E-state index contributed by atoms with van der Waals surface area (Å²) in [6.07, 6.45) is 8.55. The highest BCUT2D eigenvalue weighted by molar-refractivity contribution is 7.89. The van der Waals surface area contributed by atoms with E-state index < -0.39 is 10.0 Å². The molecule has 3 fully saturated rings. The Morgan fingerprint density at radius 1 is 1.15 bits per heavy atom. The maximum atomic E-state index is 12.9. The lowest BCUT2D eigenvalue weighted by molar-refractivity contribution is -0.117. The summed E-state index contributed by atoms with van der Waals surface area (Å²) >= 11 is 0. The van der Waals surface area contributed by atoms with Crippen LogP contribution in [0.25, 0.3) is 0 Å². The van der Waals surface area contributed by atoms with Gasteiger partial charge in [-0.25, -0.2) is 8.42 Å². The lowest BCUT2D eigenvalue weighted by Crippen LogP contribution is -2.35. The molecule has 6 heteroatoms. The highest BCUT2D eigenvalue weighted by atomic mass is 32.2. The Labute approximate surface area is 162 Å². The number of amides is 1. The average molecular weight is 391 g/mol. The second-order valence-corrected chi connectivity index (χ2v) is 10.6. The third-order valence-corrected chi connectivity index (χ3v) is 8.66. The Hall–Kier alpha value is -1.40. The van der Waals surface area contributed by atoms with Crippen LogP contribution in [-0.4, -0.2) is 31.7 Å². The Bertz CT molecular complexity index is 815. The number of anilines is 1. The van der Waals surface area contributed by atoms with Crippen molar-refractivity contribution in [3.8, 4) is 0 Å². The molecule has 1 N–H and O–H groups in total. The molecule has 0 unspecified atom stereocenters. The first-order valence-corrected chi connectivity index (χ1v) is 11.8. The monoisotopic (exact) mass is 390 g/mol. The van der Waals surface area contributed by atoms with E-state index in [1.54, 1.807) is 22.5 Å². The fourth-order valence-electron chi connectivity index (χ4n) is 5.22. The van der Waals surface area contributed by atoms with Gasteiger partial charge in [0, 0.05) is 25.2 Å². The fourth-order valence-corrected chi connectivity index (χ4v) is 6.76. The van der Waals surface area contributed by atoms with E-state index in [9.17, 15) is 13.2 Å². The molecule has 3 aliphatic rings. The van der Waals surface area contributed by atoms with Crippen LogP contribution in [0, 0.1) is 24.7 Å². The lowest BCUT2D eigenvalue weighted by atomic mass is 9.86. The molecule has 1 heterocycles. The first-order valence-electron chi connectivity index (χ1n) is 10.3. The van der Waals surface area contributed by atoms with E-state index in [1.165, 1.54) is 25.7 Å². The molecule has 4 rings (SSSR count). The molecule has 1 saturated heterocycles. The third-order valence-electron chi connectivity index (χ3n) is 6.77. The fraction of sp³-hybridized carbons (Fsp3) is 0.667. The van der Waals surface area contributed by atoms with Crippen molar-refractivity contribution in [2.24, 2.45) is 17.8 Å². The van der Waals surface area contributed by atoms with Crippen molar-refractivity contribution in [1.29, 1.82) is 0 Å². The highest BCUT2D eigenvalue weighted by Gasteiger charge is 2.40. The number of piperidine rings is 1. The van der Waals surface area contributed by atoms with Crippen molar-refractivity contribution in [2.45, 2.75) is 63.2 Å². The van der Waals surface area contributed by atoms with Crippen LogP contribution in [0.3, 0.4) is 0 Å². The van der Waals surface area contributed by atoms with E-state index in [4.69, 9.17) is 0 Å². The summed E-state index contributed by atoms with van der Waals surface area (Å²) in [5, 5.41) is 2.99. The van der Waals surface area contributed by atoms with Gasteiger partial charge in [-0.15, -0.1) is 0 Å². The summed E-state index contributed by atoms with van der Waals surface area (Å²) in [6, 6.07) is 5.09. The van der Waals surface area contributed by atoms with Gasteiger partial charge in [-0.3, -0.25) is 4.79 Å². The summed E-state index contributed by atoms with van der Waals surface area (Å²) in [6.45, 7) is 3.08. The average Bonchev–Trinajstić information content (AvgIpc) is 3.27. The normalized spacial score (nSPS) is 28.4. The first-order chi connectivity index (χ1) is 12.9. The van der Waals surface area contributed by atoms with Crippen LogP contribution in [0.4, 0.5) is 5.69 Å². The molecule has 0 spiro atoms. The van der Waals surface area contributed by atoms with Gasteiger partial charge in [0.2, 0.25) is 15.9 Å². The summed E-state index contributed by atoms with van der Waals surface area (Å²) in [7, 11) is -3.48. The number of sulfonamides is 1. The van der Waals surface area contributed by atoms with Crippen molar-refractivity contribution in [3.63, 3.8) is 0 Å². The van der Waals surface area contributed by atoms with E-state index in [0.29, 0.717) is 37.0 Å². The molecule has 2 bridgehead atoms. The van der Waals surface area contributed by atoms with Gasteiger partial charge in [-0.2, -0.15) is 4.31 Å². The second-order valence-electron chi connectivity index (χ2n) is 8.63. The largest absolute Gasteiger partial charge is 0.326 e. The predicted molar refractivity (Wildman–Crippen MR) is 106 cm³/mol. The minimum Gasteiger partial charge on any atom is -0.326 e. The van der Waals surface area contributed by atoms with Crippen molar-refractivity contribution < 1.29 is 13.2 Å². The molecule has 27 heavy (non-hydrogen) atoms. The van der Waals surface area contributed by atoms with Crippen LogP contribution in [-0.2, 0) is 14.8 Å². The van der Waals surface area contributed by atoms with Gasteiger partial charge in [0.05, 0.1) is 4.90 Å². The number of fused-ring (bicyclic) bond motifs is 2. The van der Waals surface area contributed by atoms with E-state index >= 15 is 0 Å². The van der Waals surface area contributed by atoms with Gasteiger partial charge in [0.15, 0.2) is 0 Å². The minimum absolute atomic E-state index is 0.0168. The SMILES string of the molecule is Cc1ccc(S(=O)(=O)N2CCCCC2)cc1NC(=O)C[C@@H]1C[C@@H]2CC[C@@H]1C2. The number of rotatable bonds is 5. The molecule has 1 amide bonds. The molecular formula is C21H30N2O3S. The molecule has 0 aromatic heterocycles. The number of hydrogen-bond acceptors (Lipinski definition) is 3. The van der Waals surface area contributed by atoms with E-state index in [1.807, 2.05) is 6.92 Å². The van der Waals surface area contributed by atoms with Crippen molar-refractivity contribution in [3.05, 3.63) is 23.8 Å². The maximum Gasteiger partial charge on any atom is 0.243 e. The van der Waals surface area contributed by atoms with Gasteiger partial charge >= 0.3 is 0 Å². The molecule has 1 aromatic rings. The third kappa shape index (κ3) is 3.92. The standard InChI is InChI=1S/C21H30N2O3S/c1-15-5-8-19(27(25,26)23-9-3-2-4-10-23)14-20(15)22-21(24)13-18-12-16-6-7-17(18)11-16/h5,8,14,16-18H,2-4,6-7,9-13H2,1H3,(H,22,24)/t16-,17-,18+/m1/s1. The molecule has 1 aliphatic heterocycles. The number of nitrogens with one attached hydrogen (secondary N) is 1. The number of nitrogens with zero attached hydrogens (tertiary/aromatic N) is 1. The van der Waals surface area contributed by atoms with Gasteiger partial charge in [0.25, 0.3) is 0 Å². The van der Waals surface area contributed by atoms with Crippen LogP contribution >= 0.6 is 0 Å². The van der Waals surface area contributed by atoms with Gasteiger partial charge in [-0.05, 0) is 74.5 Å². The van der Waals surface area contributed by atoms with Crippen molar-refractivity contribution >= 4 is 21.6 Å². The van der Waals surface area contributed by atoms with E-state index in [0.717, 1.165) is 30.7 Å². The zero-order valence-electron chi connectivity index (χ0n) is 16.1. The van der Waals surface area contributed by atoms with E-state index in [-0.39, 0.29) is 10.8 Å². The number of hydrogen-bond donors (Lipinski definition) is 1. The quantitative estimate of drug-likeness (QED) is 0.828. The smallest absolute Gasteiger partial charge is 0.243 e. The number of benzene rings is 1. The molecule has 148 valence electrons. The van der Waals surface area contributed by atoms with Crippen LogP contribution in [0.15, 0.2) is 23.1 Å². The minimum atomic E-state index is -3.48. The van der Waals surface area contributed by atoms with Crippen LogP contribution in [0.2, 0.25) is 0 Å². The lowest BCUT2D eigenvalue weighted by Gasteiger charge is -2.26. The Morgan fingerprint density at radius 2 is 1.93 bits per heavy atom. The zero-order valence-corrected chi connectivity index (χ0v) is 16.9. The predicted octanol–water partition coefficient (Wildman–Crippen LogP) is 3.93. The molecule has 5 nitrogen and oxygen atoms in total. The highest BCUT2D eigenvalue weighted by Crippen LogP contribution is 2.49. The second kappa shape index (κ2) is 7.55. The summed E-state index contributed by atoms with van der Waals surface area (Å²) in [4.78, 5) is 12.9. The Morgan fingerprint density at radius 3 is 2.59 bits per heavy atom. The number of aryl methyl sites for hydroxylation is 1. The summed E-state index contributed by atoms with van der Waals surface area (Å²) < 4.78 is 27.4. The molecule has 2 aliphatic carbocycles. The van der Waals surface area contributed by atoms with Crippen LogP contribution in [0.1, 0.15) is 56.9 Å². The summed E-state index contributed by atoms with van der Waals surface area (Å²) in [5.74, 6) is 2.06. The van der Waals surface area contributed by atoms with E-state index in [2.05, 4.69) is 5.32 Å². The number of carbonyl (C=O) groups excluding carboxylic acids is 1. The molecule has 0 radical (unpaired) electrons.